The van der Waals surface area contributed by atoms with Gasteiger partial charge in [0.1, 0.15) is 17.3 Å². The Bertz CT molecular complexity index is 970. The molecular formula is C19H20F3N5O3. The first-order valence-corrected chi connectivity index (χ1v) is 8.93. The van der Waals surface area contributed by atoms with E-state index in [9.17, 15) is 18.0 Å². The summed E-state index contributed by atoms with van der Waals surface area (Å²) in [6.07, 6.45) is 1.93. The molecule has 4 N–H and O–H groups in total. The number of ether oxygens (including phenoxy) is 1. The standard InChI is InChI=1S/C19H20F3N5O3/c1-9-5-11(29-2)8-24-16(9)17(28)25-10-3-4-14(20)12(6-10)13-7-15(13)27-30-19(23)26-18(21)22/h3-6,8,13,15,18,27H,7H2,1-2H3,(H2,23,26)(H,25,28)/t13-,15-/m1/s1. The Hall–Kier alpha value is -3.34. The molecule has 1 amide bonds. The highest BCUT2D eigenvalue weighted by Gasteiger charge is 2.41. The Morgan fingerprint density at radius 2 is 2.13 bits per heavy atom. The van der Waals surface area contributed by atoms with Gasteiger partial charge < -0.3 is 20.6 Å². The molecule has 0 aliphatic heterocycles. The molecule has 0 radical (unpaired) electrons. The van der Waals surface area contributed by atoms with Crippen LogP contribution in [0.3, 0.4) is 0 Å². The first kappa shape index (κ1) is 21.4. The molecule has 1 aliphatic rings. The van der Waals surface area contributed by atoms with Gasteiger partial charge in [-0.05, 0) is 48.7 Å². The second-order valence-electron chi connectivity index (χ2n) is 6.64. The maximum absolute atomic E-state index is 14.3. The lowest BCUT2D eigenvalue weighted by molar-refractivity contribution is 0.102. The van der Waals surface area contributed by atoms with Crippen molar-refractivity contribution < 1.29 is 27.5 Å². The number of hydrogen-bond acceptors (Lipinski definition) is 6. The number of halogens is 3. The number of hydroxylamine groups is 1. The van der Waals surface area contributed by atoms with Gasteiger partial charge in [-0.15, -0.1) is 5.48 Å². The van der Waals surface area contributed by atoms with E-state index in [1.807, 2.05) is 0 Å². The third kappa shape index (κ3) is 5.17. The number of hydrogen-bond donors (Lipinski definition) is 3. The zero-order chi connectivity index (χ0) is 21.8. The number of nitrogens with one attached hydrogen (secondary N) is 2. The molecule has 160 valence electrons. The number of amidine groups is 1. The number of benzene rings is 1. The summed E-state index contributed by atoms with van der Waals surface area (Å²) in [5.41, 5.74) is 9.23. The smallest absolute Gasteiger partial charge is 0.336 e. The molecule has 2 aromatic rings. The van der Waals surface area contributed by atoms with E-state index in [1.54, 1.807) is 13.0 Å². The number of pyridine rings is 1. The number of rotatable bonds is 7. The minimum atomic E-state index is -2.98. The fourth-order valence-electron chi connectivity index (χ4n) is 2.92. The van der Waals surface area contributed by atoms with Crippen molar-refractivity contribution in [1.82, 2.24) is 10.5 Å². The summed E-state index contributed by atoms with van der Waals surface area (Å²) in [5.74, 6) is -0.656. The van der Waals surface area contributed by atoms with Crippen LogP contribution in [0.1, 0.15) is 34.0 Å². The van der Waals surface area contributed by atoms with Gasteiger partial charge in [-0.25, -0.2) is 9.37 Å². The van der Waals surface area contributed by atoms with Crippen molar-refractivity contribution in [2.75, 3.05) is 12.4 Å². The topological polar surface area (TPSA) is 111 Å². The van der Waals surface area contributed by atoms with E-state index in [4.69, 9.17) is 15.3 Å². The highest BCUT2D eigenvalue weighted by Crippen LogP contribution is 2.42. The molecule has 11 heteroatoms. The number of aliphatic imine (C=N–C) groups is 1. The average molecular weight is 423 g/mol. The van der Waals surface area contributed by atoms with E-state index in [0.29, 0.717) is 29.0 Å². The molecule has 1 aromatic heterocycles. The van der Waals surface area contributed by atoms with Gasteiger partial charge in [0, 0.05) is 11.6 Å². The first-order valence-electron chi connectivity index (χ1n) is 8.93. The number of nitrogens with zero attached hydrogens (tertiary/aromatic N) is 2. The van der Waals surface area contributed by atoms with Crippen LogP contribution in [0.5, 0.6) is 5.75 Å². The van der Waals surface area contributed by atoms with E-state index in [-0.39, 0.29) is 17.7 Å². The summed E-state index contributed by atoms with van der Waals surface area (Å²) in [6.45, 7) is -1.26. The summed E-state index contributed by atoms with van der Waals surface area (Å²) in [5, 5.41) is 2.69. The van der Waals surface area contributed by atoms with Crippen LogP contribution in [0.25, 0.3) is 0 Å². The quantitative estimate of drug-likeness (QED) is 0.273. The SMILES string of the molecule is COc1cnc(C(=O)Nc2ccc(F)c([C@H]3C[C@H]3NO/C(N)=N\C(F)F)c2)c(C)c1. The predicted octanol–water partition coefficient (Wildman–Crippen LogP) is 2.70. The molecule has 3 rings (SSSR count). The molecule has 1 heterocycles. The molecule has 0 unspecified atom stereocenters. The fraction of sp³-hybridized carbons (Fsp3) is 0.316. The molecular weight excluding hydrogens is 403 g/mol. The molecule has 30 heavy (non-hydrogen) atoms. The normalized spacial score (nSPS) is 18.3. The van der Waals surface area contributed by atoms with Crippen molar-refractivity contribution in [2.45, 2.75) is 31.9 Å². The van der Waals surface area contributed by atoms with Crippen LogP contribution in [-0.2, 0) is 4.84 Å². The van der Waals surface area contributed by atoms with E-state index in [0.717, 1.165) is 0 Å². The summed E-state index contributed by atoms with van der Waals surface area (Å²) in [6, 6.07) is 4.82. The minimum absolute atomic E-state index is 0.217. The minimum Gasteiger partial charge on any atom is -0.495 e. The third-order valence-electron chi connectivity index (χ3n) is 4.49. The van der Waals surface area contributed by atoms with Crippen molar-refractivity contribution >= 4 is 17.6 Å². The van der Waals surface area contributed by atoms with Crippen molar-refractivity contribution in [2.24, 2.45) is 10.7 Å². The molecule has 1 aromatic carbocycles. The monoisotopic (exact) mass is 423 g/mol. The highest BCUT2D eigenvalue weighted by atomic mass is 19.3. The Morgan fingerprint density at radius 3 is 2.80 bits per heavy atom. The predicted molar refractivity (Wildman–Crippen MR) is 103 cm³/mol. The number of methoxy groups -OCH3 is 1. The first-order chi connectivity index (χ1) is 14.3. The number of aromatic nitrogens is 1. The van der Waals surface area contributed by atoms with Crippen LogP contribution < -0.4 is 21.3 Å². The van der Waals surface area contributed by atoms with Crippen molar-refractivity contribution in [3.05, 3.63) is 53.1 Å². The third-order valence-corrected chi connectivity index (χ3v) is 4.49. The van der Waals surface area contributed by atoms with Gasteiger partial charge in [0.15, 0.2) is 0 Å². The number of carbonyl (C=O) groups is 1. The second-order valence-corrected chi connectivity index (χ2v) is 6.64. The van der Waals surface area contributed by atoms with Gasteiger partial charge in [-0.1, -0.05) is 0 Å². The Kier molecular flexibility index (Phi) is 6.40. The summed E-state index contributed by atoms with van der Waals surface area (Å²) >= 11 is 0. The molecule has 0 spiro atoms. The highest BCUT2D eigenvalue weighted by molar-refractivity contribution is 6.03. The average Bonchev–Trinajstić information content (AvgIpc) is 3.46. The molecule has 8 nitrogen and oxygen atoms in total. The molecule has 0 saturated heterocycles. The van der Waals surface area contributed by atoms with Gasteiger partial charge in [-0.2, -0.15) is 13.8 Å². The van der Waals surface area contributed by atoms with Gasteiger partial charge in [0.2, 0.25) is 0 Å². The Labute approximate surface area is 170 Å². The van der Waals surface area contributed by atoms with E-state index >= 15 is 0 Å². The number of nitrogens with two attached hydrogens (primary N) is 1. The number of amides is 1. The number of alkyl halides is 2. The van der Waals surface area contributed by atoms with Crippen molar-refractivity contribution in [3.8, 4) is 5.75 Å². The Balaban J connectivity index is 1.65. The van der Waals surface area contributed by atoms with Crippen LogP contribution in [0.4, 0.5) is 18.9 Å². The maximum Gasteiger partial charge on any atom is 0.336 e. The van der Waals surface area contributed by atoms with Crippen LogP contribution >= 0.6 is 0 Å². The maximum atomic E-state index is 14.3. The van der Waals surface area contributed by atoms with Gasteiger partial charge in [0.25, 0.3) is 5.91 Å². The summed E-state index contributed by atoms with van der Waals surface area (Å²) < 4.78 is 43.5. The molecule has 2 atom stereocenters. The van der Waals surface area contributed by atoms with Crippen LogP contribution in [0.15, 0.2) is 35.5 Å². The van der Waals surface area contributed by atoms with Crippen LogP contribution in [-0.4, -0.2) is 36.6 Å². The number of anilines is 1. The van der Waals surface area contributed by atoms with Crippen molar-refractivity contribution in [1.29, 1.82) is 0 Å². The molecule has 1 aliphatic carbocycles. The molecule has 1 fully saturated rings. The lowest BCUT2D eigenvalue weighted by atomic mass is 10.1. The molecule has 1 saturated carbocycles. The fourth-order valence-corrected chi connectivity index (χ4v) is 2.92. The van der Waals surface area contributed by atoms with Gasteiger partial charge in [0.05, 0.1) is 19.3 Å². The summed E-state index contributed by atoms with van der Waals surface area (Å²) in [7, 11) is 1.50. The van der Waals surface area contributed by atoms with Crippen molar-refractivity contribution in [3.63, 3.8) is 0 Å². The van der Waals surface area contributed by atoms with Gasteiger partial charge >= 0.3 is 12.6 Å². The number of carbonyl (C=O) groups excluding carboxylic acids is 1. The van der Waals surface area contributed by atoms with E-state index < -0.39 is 24.3 Å². The second kappa shape index (κ2) is 8.99. The summed E-state index contributed by atoms with van der Waals surface area (Å²) in [4.78, 5) is 24.1. The van der Waals surface area contributed by atoms with E-state index in [1.165, 1.54) is 31.5 Å². The lowest BCUT2D eigenvalue weighted by Crippen LogP contribution is -2.29. The van der Waals surface area contributed by atoms with E-state index in [2.05, 4.69) is 20.8 Å². The lowest BCUT2D eigenvalue weighted by Gasteiger charge is -2.11. The van der Waals surface area contributed by atoms with Crippen LogP contribution in [0.2, 0.25) is 0 Å². The zero-order valence-electron chi connectivity index (χ0n) is 16.2. The molecule has 0 bridgehead atoms. The number of aryl methyl sites for hydroxylation is 1. The van der Waals surface area contributed by atoms with Gasteiger partial charge in [-0.3, -0.25) is 4.79 Å². The largest absolute Gasteiger partial charge is 0.495 e. The Morgan fingerprint density at radius 1 is 1.37 bits per heavy atom. The van der Waals surface area contributed by atoms with Crippen LogP contribution in [0, 0.1) is 12.7 Å². The zero-order valence-corrected chi connectivity index (χ0v) is 16.2.